The molecule has 0 aromatic rings. The molecule has 0 spiro atoms. The van der Waals surface area contributed by atoms with Gasteiger partial charge in [0.1, 0.15) is 5.54 Å². The SMILES string of the molecule is CCC1C(C(=O)O)=C(C=O)N(CC)C1(CC)C(=O)O. The Kier molecular flexibility index (Phi) is 4.34. The quantitative estimate of drug-likeness (QED) is 0.702. The van der Waals surface area contributed by atoms with Crippen molar-refractivity contribution in [2.45, 2.75) is 39.2 Å². The Labute approximate surface area is 111 Å². The van der Waals surface area contributed by atoms with Gasteiger partial charge < -0.3 is 15.1 Å². The Morgan fingerprint density at radius 3 is 2.16 bits per heavy atom. The van der Waals surface area contributed by atoms with Gasteiger partial charge in [0.15, 0.2) is 6.29 Å². The number of likely N-dealkylation sites (N-methyl/N-ethyl adjacent to an activating group) is 1. The van der Waals surface area contributed by atoms with Gasteiger partial charge in [-0.1, -0.05) is 13.8 Å². The number of rotatable bonds is 6. The minimum absolute atomic E-state index is 0.00824. The lowest BCUT2D eigenvalue weighted by molar-refractivity contribution is -0.152. The number of carbonyl (C=O) groups is 3. The summed E-state index contributed by atoms with van der Waals surface area (Å²) in [6.45, 7) is 5.44. The fourth-order valence-electron chi connectivity index (χ4n) is 3.20. The molecule has 0 radical (unpaired) electrons. The first-order valence-corrected chi connectivity index (χ1v) is 6.35. The fraction of sp³-hybridized carbons (Fsp3) is 0.615. The number of hydrogen-bond donors (Lipinski definition) is 2. The summed E-state index contributed by atoms with van der Waals surface area (Å²) < 4.78 is 0. The van der Waals surface area contributed by atoms with Crippen molar-refractivity contribution >= 4 is 18.2 Å². The van der Waals surface area contributed by atoms with Gasteiger partial charge in [0.25, 0.3) is 0 Å². The van der Waals surface area contributed by atoms with Gasteiger partial charge in [0.05, 0.1) is 11.3 Å². The maximum Gasteiger partial charge on any atom is 0.334 e. The van der Waals surface area contributed by atoms with Crippen LogP contribution in [0, 0.1) is 5.92 Å². The van der Waals surface area contributed by atoms with Gasteiger partial charge in [-0.05, 0) is 19.8 Å². The van der Waals surface area contributed by atoms with E-state index >= 15 is 0 Å². The van der Waals surface area contributed by atoms with Crippen LogP contribution < -0.4 is 0 Å². The lowest BCUT2D eigenvalue weighted by atomic mass is 9.77. The number of carbonyl (C=O) groups excluding carboxylic acids is 1. The molecule has 1 heterocycles. The number of aldehydes is 1. The summed E-state index contributed by atoms with van der Waals surface area (Å²) in [5.41, 5.74) is -1.43. The molecule has 106 valence electrons. The summed E-state index contributed by atoms with van der Waals surface area (Å²) in [5.74, 6) is -2.99. The third-order valence-corrected chi connectivity index (χ3v) is 3.95. The third kappa shape index (κ3) is 1.91. The van der Waals surface area contributed by atoms with Crippen molar-refractivity contribution in [1.29, 1.82) is 0 Å². The van der Waals surface area contributed by atoms with E-state index in [0.717, 1.165) is 0 Å². The molecule has 0 bridgehead atoms. The first-order chi connectivity index (χ1) is 8.92. The lowest BCUT2D eigenvalue weighted by Crippen LogP contribution is -2.55. The van der Waals surface area contributed by atoms with E-state index in [1.54, 1.807) is 20.8 Å². The van der Waals surface area contributed by atoms with Crippen LogP contribution in [0.3, 0.4) is 0 Å². The molecule has 1 aliphatic heterocycles. The summed E-state index contributed by atoms with van der Waals surface area (Å²) in [4.78, 5) is 35.8. The maximum absolute atomic E-state index is 11.7. The smallest absolute Gasteiger partial charge is 0.334 e. The van der Waals surface area contributed by atoms with E-state index in [-0.39, 0.29) is 24.2 Å². The molecule has 6 heteroatoms. The molecule has 0 fully saturated rings. The van der Waals surface area contributed by atoms with Crippen LogP contribution in [-0.4, -0.2) is 45.4 Å². The molecule has 0 aromatic heterocycles. The molecular weight excluding hydrogens is 250 g/mol. The second-order valence-corrected chi connectivity index (χ2v) is 4.51. The second-order valence-electron chi connectivity index (χ2n) is 4.51. The molecule has 0 amide bonds. The van der Waals surface area contributed by atoms with Crippen molar-refractivity contribution in [2.24, 2.45) is 5.92 Å². The van der Waals surface area contributed by atoms with E-state index in [9.17, 15) is 24.6 Å². The van der Waals surface area contributed by atoms with Gasteiger partial charge in [-0.3, -0.25) is 4.79 Å². The van der Waals surface area contributed by atoms with Gasteiger partial charge >= 0.3 is 11.9 Å². The molecular formula is C13H19NO5. The molecule has 1 rings (SSSR count). The number of hydrogen-bond acceptors (Lipinski definition) is 4. The third-order valence-electron chi connectivity index (χ3n) is 3.95. The first-order valence-electron chi connectivity index (χ1n) is 6.35. The van der Waals surface area contributed by atoms with Crippen molar-refractivity contribution in [3.63, 3.8) is 0 Å². The highest BCUT2D eigenvalue weighted by molar-refractivity contribution is 5.99. The Bertz CT molecular complexity index is 442. The predicted molar refractivity (Wildman–Crippen MR) is 67.5 cm³/mol. The number of allylic oxidation sites excluding steroid dienone is 1. The van der Waals surface area contributed by atoms with Crippen LogP contribution >= 0.6 is 0 Å². The standard InChI is InChI=1S/C13H19NO5/c1-4-8-10(11(16)17)9(7-15)14(6-3)13(8,5-2)12(18)19/h7-8H,4-6H2,1-3H3,(H,16,17)(H,18,19). The Morgan fingerprint density at radius 2 is 1.89 bits per heavy atom. The molecule has 2 unspecified atom stereocenters. The number of carboxylic acid groups (broad SMARTS) is 2. The monoisotopic (exact) mass is 269 g/mol. The second kappa shape index (κ2) is 5.42. The largest absolute Gasteiger partial charge is 0.479 e. The summed E-state index contributed by atoms with van der Waals surface area (Å²) in [5, 5.41) is 18.9. The Hall–Kier alpha value is -1.85. The number of nitrogens with zero attached hydrogens (tertiary/aromatic N) is 1. The van der Waals surface area contributed by atoms with Crippen LogP contribution in [0.25, 0.3) is 0 Å². The highest BCUT2D eigenvalue weighted by Crippen LogP contribution is 2.45. The molecule has 2 atom stereocenters. The number of aliphatic carboxylic acids is 2. The van der Waals surface area contributed by atoms with E-state index in [0.29, 0.717) is 12.7 Å². The van der Waals surface area contributed by atoms with Crippen LogP contribution in [0.4, 0.5) is 0 Å². The molecule has 6 nitrogen and oxygen atoms in total. The molecule has 0 aromatic carbocycles. The van der Waals surface area contributed by atoms with Crippen molar-refractivity contribution in [3.8, 4) is 0 Å². The highest BCUT2D eigenvalue weighted by Gasteiger charge is 2.57. The average molecular weight is 269 g/mol. The van der Waals surface area contributed by atoms with Crippen molar-refractivity contribution in [3.05, 3.63) is 11.3 Å². The topological polar surface area (TPSA) is 94.9 Å². The Balaban J connectivity index is 3.58. The lowest BCUT2D eigenvalue weighted by Gasteiger charge is -2.39. The summed E-state index contributed by atoms with van der Waals surface area (Å²) in [7, 11) is 0. The fourth-order valence-corrected chi connectivity index (χ4v) is 3.20. The van der Waals surface area contributed by atoms with Gasteiger partial charge in [-0.25, -0.2) is 9.59 Å². The van der Waals surface area contributed by atoms with Gasteiger partial charge in [-0.2, -0.15) is 0 Å². The van der Waals surface area contributed by atoms with E-state index in [4.69, 9.17) is 0 Å². The summed E-state index contributed by atoms with van der Waals surface area (Å²) >= 11 is 0. The summed E-state index contributed by atoms with van der Waals surface area (Å²) in [6, 6.07) is 0. The summed E-state index contributed by atoms with van der Waals surface area (Å²) in [6.07, 6.45) is 1.05. The zero-order chi connectivity index (χ0) is 14.8. The minimum atomic E-state index is -1.34. The molecule has 2 N–H and O–H groups in total. The van der Waals surface area contributed by atoms with Crippen LogP contribution in [0.2, 0.25) is 0 Å². The average Bonchev–Trinajstić information content (AvgIpc) is 2.67. The van der Waals surface area contributed by atoms with Crippen LogP contribution in [-0.2, 0) is 14.4 Å². The highest BCUT2D eigenvalue weighted by atomic mass is 16.4. The van der Waals surface area contributed by atoms with E-state index in [1.165, 1.54) is 4.90 Å². The zero-order valence-corrected chi connectivity index (χ0v) is 11.3. The van der Waals surface area contributed by atoms with Gasteiger partial charge in [-0.15, -0.1) is 0 Å². The molecule has 19 heavy (non-hydrogen) atoms. The maximum atomic E-state index is 11.7. The molecule has 0 saturated carbocycles. The van der Waals surface area contributed by atoms with E-state index < -0.39 is 23.4 Å². The normalized spacial score (nSPS) is 26.7. The zero-order valence-electron chi connectivity index (χ0n) is 11.3. The van der Waals surface area contributed by atoms with Crippen molar-refractivity contribution < 1.29 is 24.6 Å². The predicted octanol–water partition coefficient (Wildman–Crippen LogP) is 1.12. The Morgan fingerprint density at radius 1 is 1.32 bits per heavy atom. The molecule has 0 aliphatic carbocycles. The van der Waals surface area contributed by atoms with Crippen LogP contribution in [0.1, 0.15) is 33.6 Å². The van der Waals surface area contributed by atoms with Crippen LogP contribution in [0.15, 0.2) is 11.3 Å². The van der Waals surface area contributed by atoms with Crippen LogP contribution in [0.5, 0.6) is 0 Å². The van der Waals surface area contributed by atoms with Crippen molar-refractivity contribution in [1.82, 2.24) is 4.90 Å². The molecule has 0 saturated heterocycles. The van der Waals surface area contributed by atoms with Gasteiger partial charge in [0.2, 0.25) is 0 Å². The minimum Gasteiger partial charge on any atom is -0.479 e. The van der Waals surface area contributed by atoms with E-state index in [2.05, 4.69) is 0 Å². The molecule has 1 aliphatic rings. The number of carboxylic acids is 2. The van der Waals surface area contributed by atoms with E-state index in [1.807, 2.05) is 0 Å². The van der Waals surface area contributed by atoms with Gasteiger partial charge in [0, 0.05) is 12.5 Å². The first kappa shape index (κ1) is 15.2. The van der Waals surface area contributed by atoms with Crippen molar-refractivity contribution in [2.75, 3.05) is 6.54 Å².